The molecule has 0 unspecified atom stereocenters. The first-order chi connectivity index (χ1) is 8.33. The topological polar surface area (TPSA) is 15.3 Å². The second-order valence-corrected chi connectivity index (χ2v) is 5.14. The largest absolute Gasteiger partial charge is 0.369 e. The summed E-state index contributed by atoms with van der Waals surface area (Å²) in [4.78, 5) is 2.15. The van der Waals surface area contributed by atoms with E-state index in [-0.39, 0.29) is 5.82 Å². The Morgan fingerprint density at radius 1 is 1.24 bits per heavy atom. The molecule has 17 heavy (non-hydrogen) atoms. The molecule has 1 N–H and O–H groups in total. The standard InChI is InChI=1S/C14H19FN2/c15-13-9-11(10-16-12-4-5-12)3-6-14(13)17-7-1-2-8-17/h3,6,9,12,16H,1-2,4-5,7-8,10H2. The molecule has 1 saturated heterocycles. The van der Waals surface area contributed by atoms with E-state index in [1.54, 1.807) is 6.07 Å². The molecule has 2 nitrogen and oxygen atoms in total. The third-order valence-electron chi connectivity index (χ3n) is 3.63. The molecule has 0 bridgehead atoms. The van der Waals surface area contributed by atoms with Gasteiger partial charge < -0.3 is 10.2 Å². The van der Waals surface area contributed by atoms with Gasteiger partial charge in [-0.15, -0.1) is 0 Å². The van der Waals surface area contributed by atoms with Crippen LogP contribution in [0.4, 0.5) is 10.1 Å². The maximum atomic E-state index is 14.0. The molecule has 1 aromatic rings. The lowest BCUT2D eigenvalue weighted by Crippen LogP contribution is -2.19. The van der Waals surface area contributed by atoms with Crippen molar-refractivity contribution in [2.75, 3.05) is 18.0 Å². The molecule has 0 aromatic heterocycles. The minimum absolute atomic E-state index is 0.0676. The van der Waals surface area contributed by atoms with E-state index in [2.05, 4.69) is 10.2 Å². The highest BCUT2D eigenvalue weighted by atomic mass is 19.1. The van der Waals surface area contributed by atoms with Gasteiger partial charge in [-0.1, -0.05) is 6.07 Å². The monoisotopic (exact) mass is 234 g/mol. The zero-order valence-corrected chi connectivity index (χ0v) is 10.1. The Labute approximate surface area is 102 Å². The first kappa shape index (κ1) is 11.0. The number of hydrogen-bond donors (Lipinski definition) is 1. The summed E-state index contributed by atoms with van der Waals surface area (Å²) >= 11 is 0. The molecule has 0 spiro atoms. The Bertz CT molecular complexity index is 395. The van der Waals surface area contributed by atoms with Crippen LogP contribution in [0.2, 0.25) is 0 Å². The third kappa shape index (κ3) is 2.60. The van der Waals surface area contributed by atoms with Crippen molar-refractivity contribution in [1.29, 1.82) is 0 Å². The molecule has 2 fully saturated rings. The summed E-state index contributed by atoms with van der Waals surface area (Å²) in [6, 6.07) is 6.34. The van der Waals surface area contributed by atoms with E-state index in [1.807, 2.05) is 12.1 Å². The van der Waals surface area contributed by atoms with Crippen LogP contribution in [0.1, 0.15) is 31.2 Å². The fourth-order valence-electron chi connectivity index (χ4n) is 2.42. The Hall–Kier alpha value is -1.09. The minimum Gasteiger partial charge on any atom is -0.369 e. The summed E-state index contributed by atoms with van der Waals surface area (Å²) in [7, 11) is 0. The Morgan fingerprint density at radius 2 is 2.00 bits per heavy atom. The number of hydrogen-bond acceptors (Lipinski definition) is 2. The van der Waals surface area contributed by atoms with E-state index in [1.165, 1.54) is 25.7 Å². The van der Waals surface area contributed by atoms with Crippen LogP contribution in [-0.4, -0.2) is 19.1 Å². The highest BCUT2D eigenvalue weighted by molar-refractivity contribution is 5.49. The van der Waals surface area contributed by atoms with E-state index in [4.69, 9.17) is 0 Å². The van der Waals surface area contributed by atoms with Crippen LogP contribution >= 0.6 is 0 Å². The van der Waals surface area contributed by atoms with Gasteiger partial charge in [-0.05, 0) is 43.4 Å². The van der Waals surface area contributed by atoms with Gasteiger partial charge in [0.2, 0.25) is 0 Å². The first-order valence-corrected chi connectivity index (χ1v) is 6.60. The SMILES string of the molecule is Fc1cc(CNC2CC2)ccc1N1CCCC1. The lowest BCUT2D eigenvalue weighted by atomic mass is 10.2. The fraction of sp³-hybridized carbons (Fsp3) is 0.571. The Balaban J connectivity index is 1.68. The summed E-state index contributed by atoms with van der Waals surface area (Å²) in [6.07, 6.45) is 4.91. The average Bonchev–Trinajstić information content (AvgIpc) is 3.01. The molecule has 1 heterocycles. The number of nitrogens with zero attached hydrogens (tertiary/aromatic N) is 1. The van der Waals surface area contributed by atoms with Gasteiger partial charge in [-0.3, -0.25) is 0 Å². The van der Waals surface area contributed by atoms with E-state index in [0.29, 0.717) is 6.04 Å². The predicted molar refractivity (Wildman–Crippen MR) is 67.7 cm³/mol. The number of anilines is 1. The summed E-state index contributed by atoms with van der Waals surface area (Å²) in [5, 5.41) is 3.41. The maximum Gasteiger partial charge on any atom is 0.146 e. The molecule has 1 aliphatic heterocycles. The fourth-order valence-corrected chi connectivity index (χ4v) is 2.42. The van der Waals surface area contributed by atoms with Crippen LogP contribution in [0.3, 0.4) is 0 Å². The lowest BCUT2D eigenvalue weighted by molar-refractivity contribution is 0.615. The minimum atomic E-state index is -0.0676. The van der Waals surface area contributed by atoms with Gasteiger partial charge in [-0.25, -0.2) is 4.39 Å². The number of nitrogens with one attached hydrogen (secondary N) is 1. The number of halogens is 1. The molecule has 1 saturated carbocycles. The van der Waals surface area contributed by atoms with Crippen LogP contribution in [0.5, 0.6) is 0 Å². The Kier molecular flexibility index (Phi) is 3.02. The van der Waals surface area contributed by atoms with Gasteiger partial charge in [0.05, 0.1) is 5.69 Å². The third-order valence-corrected chi connectivity index (χ3v) is 3.63. The average molecular weight is 234 g/mol. The maximum absolute atomic E-state index is 14.0. The van der Waals surface area contributed by atoms with Crippen molar-refractivity contribution >= 4 is 5.69 Å². The van der Waals surface area contributed by atoms with Gasteiger partial charge >= 0.3 is 0 Å². The highest BCUT2D eigenvalue weighted by Gasteiger charge is 2.20. The summed E-state index contributed by atoms with van der Waals surface area (Å²) in [6.45, 7) is 2.79. The van der Waals surface area contributed by atoms with Crippen molar-refractivity contribution in [3.05, 3.63) is 29.6 Å². The molecule has 0 atom stereocenters. The van der Waals surface area contributed by atoms with Crippen LogP contribution < -0.4 is 10.2 Å². The normalized spacial score (nSPS) is 19.9. The molecular formula is C14H19FN2. The Morgan fingerprint density at radius 3 is 2.65 bits per heavy atom. The van der Waals surface area contributed by atoms with E-state index in [9.17, 15) is 4.39 Å². The van der Waals surface area contributed by atoms with Crippen molar-refractivity contribution in [2.24, 2.45) is 0 Å². The van der Waals surface area contributed by atoms with Crippen LogP contribution in [0.15, 0.2) is 18.2 Å². The molecule has 0 radical (unpaired) electrons. The van der Waals surface area contributed by atoms with Gasteiger partial charge in [0.1, 0.15) is 5.82 Å². The van der Waals surface area contributed by atoms with Gasteiger partial charge in [-0.2, -0.15) is 0 Å². The molecule has 1 aliphatic carbocycles. The second-order valence-electron chi connectivity index (χ2n) is 5.14. The van der Waals surface area contributed by atoms with Gasteiger partial charge in [0, 0.05) is 25.7 Å². The lowest BCUT2D eigenvalue weighted by Gasteiger charge is -2.18. The van der Waals surface area contributed by atoms with Crippen LogP contribution in [0.25, 0.3) is 0 Å². The molecule has 0 amide bonds. The first-order valence-electron chi connectivity index (χ1n) is 6.60. The number of rotatable bonds is 4. The highest BCUT2D eigenvalue weighted by Crippen LogP contribution is 2.25. The van der Waals surface area contributed by atoms with Crippen molar-refractivity contribution in [3.8, 4) is 0 Å². The molecule has 3 heteroatoms. The molecule has 3 rings (SSSR count). The summed E-state index contributed by atoms with van der Waals surface area (Å²) in [5.74, 6) is -0.0676. The van der Waals surface area contributed by atoms with E-state index >= 15 is 0 Å². The summed E-state index contributed by atoms with van der Waals surface area (Å²) in [5.41, 5.74) is 1.83. The quantitative estimate of drug-likeness (QED) is 0.861. The number of benzene rings is 1. The molecular weight excluding hydrogens is 215 g/mol. The van der Waals surface area contributed by atoms with Gasteiger partial charge in [0.25, 0.3) is 0 Å². The van der Waals surface area contributed by atoms with Crippen LogP contribution in [-0.2, 0) is 6.54 Å². The smallest absolute Gasteiger partial charge is 0.146 e. The summed E-state index contributed by atoms with van der Waals surface area (Å²) < 4.78 is 14.0. The van der Waals surface area contributed by atoms with Crippen molar-refractivity contribution in [3.63, 3.8) is 0 Å². The van der Waals surface area contributed by atoms with Crippen LogP contribution in [0, 0.1) is 5.82 Å². The van der Waals surface area contributed by atoms with Crippen molar-refractivity contribution in [2.45, 2.75) is 38.3 Å². The predicted octanol–water partition coefficient (Wildman–Crippen LogP) is 2.68. The molecule has 92 valence electrons. The molecule has 2 aliphatic rings. The van der Waals surface area contributed by atoms with Crippen molar-refractivity contribution < 1.29 is 4.39 Å². The van der Waals surface area contributed by atoms with E-state index in [0.717, 1.165) is 30.9 Å². The molecule has 1 aromatic carbocycles. The zero-order chi connectivity index (χ0) is 11.7. The van der Waals surface area contributed by atoms with Gasteiger partial charge in [0.15, 0.2) is 0 Å². The van der Waals surface area contributed by atoms with Crippen molar-refractivity contribution in [1.82, 2.24) is 5.32 Å². The zero-order valence-electron chi connectivity index (χ0n) is 10.1. The van der Waals surface area contributed by atoms with E-state index < -0.39 is 0 Å². The second kappa shape index (κ2) is 4.65.